The molecule has 1 saturated heterocycles. The Morgan fingerprint density at radius 3 is 2.52 bits per heavy atom. The highest BCUT2D eigenvalue weighted by Gasteiger charge is 2.63. The standard InChI is InChI=1S/C16H30N2O3/c1-10-13(12-11(9-17)16(12,5)6)18(7-8-20-10)14(19)21-15(2,3)4/h10-13H,7-9,17H2,1-6H3/t10-,11-,12+,13?/m1/s1. The monoisotopic (exact) mass is 298 g/mol. The van der Waals surface area contributed by atoms with Crippen molar-refractivity contribution in [1.29, 1.82) is 0 Å². The quantitative estimate of drug-likeness (QED) is 0.849. The van der Waals surface area contributed by atoms with Gasteiger partial charge in [-0.1, -0.05) is 13.8 Å². The normalized spacial score (nSPS) is 35.5. The average molecular weight is 298 g/mol. The average Bonchev–Trinajstić information content (AvgIpc) is 2.88. The number of hydrogen-bond donors (Lipinski definition) is 1. The first-order valence-corrected chi connectivity index (χ1v) is 7.91. The Bertz CT molecular complexity index is 403. The summed E-state index contributed by atoms with van der Waals surface area (Å²) in [6, 6.07) is 0.0529. The third-order valence-electron chi connectivity index (χ3n) is 4.94. The second-order valence-electron chi connectivity index (χ2n) is 7.93. The molecule has 1 unspecified atom stereocenters. The van der Waals surface area contributed by atoms with Crippen LogP contribution in [0.3, 0.4) is 0 Å². The Kier molecular flexibility index (Phi) is 4.28. The largest absolute Gasteiger partial charge is 0.444 e. The molecule has 1 aliphatic heterocycles. The third kappa shape index (κ3) is 3.19. The molecule has 21 heavy (non-hydrogen) atoms. The van der Waals surface area contributed by atoms with E-state index in [2.05, 4.69) is 13.8 Å². The number of nitrogens with two attached hydrogens (primary N) is 1. The van der Waals surface area contributed by atoms with E-state index in [-0.39, 0.29) is 23.7 Å². The maximum absolute atomic E-state index is 12.5. The molecule has 5 nitrogen and oxygen atoms in total. The highest BCUT2D eigenvalue weighted by Crippen LogP contribution is 2.61. The number of nitrogens with zero attached hydrogens (tertiary/aromatic N) is 1. The number of hydrogen-bond acceptors (Lipinski definition) is 4. The van der Waals surface area contributed by atoms with Gasteiger partial charge in [0.1, 0.15) is 5.60 Å². The van der Waals surface area contributed by atoms with E-state index in [0.29, 0.717) is 31.5 Å². The van der Waals surface area contributed by atoms with E-state index >= 15 is 0 Å². The number of carbonyl (C=O) groups excluding carboxylic acids is 1. The molecule has 1 amide bonds. The van der Waals surface area contributed by atoms with E-state index in [9.17, 15) is 4.79 Å². The molecule has 1 aliphatic carbocycles. The van der Waals surface area contributed by atoms with Crippen molar-refractivity contribution >= 4 is 6.09 Å². The van der Waals surface area contributed by atoms with Gasteiger partial charge in [-0.25, -0.2) is 4.79 Å². The van der Waals surface area contributed by atoms with Gasteiger partial charge in [-0.05, 0) is 51.5 Å². The van der Waals surface area contributed by atoms with Gasteiger partial charge in [-0.2, -0.15) is 0 Å². The van der Waals surface area contributed by atoms with Crippen LogP contribution in [-0.4, -0.2) is 48.4 Å². The van der Waals surface area contributed by atoms with Crippen LogP contribution in [0.4, 0.5) is 4.79 Å². The predicted octanol–water partition coefficient (Wildman–Crippen LogP) is 2.24. The van der Waals surface area contributed by atoms with Crippen LogP contribution in [0.25, 0.3) is 0 Å². The van der Waals surface area contributed by atoms with Gasteiger partial charge in [0.25, 0.3) is 0 Å². The molecule has 0 spiro atoms. The smallest absolute Gasteiger partial charge is 0.410 e. The molecule has 122 valence electrons. The number of rotatable bonds is 2. The predicted molar refractivity (Wildman–Crippen MR) is 82.0 cm³/mol. The fourth-order valence-corrected chi connectivity index (χ4v) is 3.77. The summed E-state index contributed by atoms with van der Waals surface area (Å²) in [4.78, 5) is 14.4. The summed E-state index contributed by atoms with van der Waals surface area (Å²) in [5.74, 6) is 0.821. The van der Waals surface area contributed by atoms with Gasteiger partial charge in [0, 0.05) is 6.54 Å². The van der Waals surface area contributed by atoms with Crippen LogP contribution in [-0.2, 0) is 9.47 Å². The highest BCUT2D eigenvalue weighted by molar-refractivity contribution is 5.69. The number of amides is 1. The lowest BCUT2D eigenvalue weighted by Gasteiger charge is -2.41. The molecule has 4 atom stereocenters. The van der Waals surface area contributed by atoms with Gasteiger partial charge in [-0.3, -0.25) is 4.90 Å². The van der Waals surface area contributed by atoms with Crippen LogP contribution in [0, 0.1) is 17.3 Å². The van der Waals surface area contributed by atoms with Crippen LogP contribution >= 0.6 is 0 Å². The van der Waals surface area contributed by atoms with Gasteiger partial charge in [0.05, 0.1) is 18.8 Å². The zero-order valence-electron chi connectivity index (χ0n) is 14.2. The molecule has 0 aromatic carbocycles. The first-order chi connectivity index (χ1) is 9.59. The van der Waals surface area contributed by atoms with Crippen molar-refractivity contribution in [3.8, 4) is 0 Å². The van der Waals surface area contributed by atoms with Crippen LogP contribution in [0.15, 0.2) is 0 Å². The second-order valence-corrected chi connectivity index (χ2v) is 7.93. The third-order valence-corrected chi connectivity index (χ3v) is 4.94. The maximum atomic E-state index is 12.5. The molecule has 0 aromatic rings. The maximum Gasteiger partial charge on any atom is 0.410 e. The summed E-state index contributed by atoms with van der Waals surface area (Å²) >= 11 is 0. The van der Waals surface area contributed by atoms with Crippen molar-refractivity contribution in [3.63, 3.8) is 0 Å². The minimum absolute atomic E-state index is 0.0205. The van der Waals surface area contributed by atoms with E-state index in [0.717, 1.165) is 0 Å². The molecule has 0 radical (unpaired) electrons. The van der Waals surface area contributed by atoms with Gasteiger partial charge in [0.15, 0.2) is 0 Å². The first kappa shape index (κ1) is 16.6. The van der Waals surface area contributed by atoms with E-state index in [1.807, 2.05) is 32.6 Å². The SMILES string of the molecule is C[C@H]1OCCN(C(=O)OC(C)(C)C)C1[C@@H]1[C@@H](CN)C1(C)C. The first-order valence-electron chi connectivity index (χ1n) is 7.91. The minimum Gasteiger partial charge on any atom is -0.444 e. The van der Waals surface area contributed by atoms with Gasteiger partial charge < -0.3 is 15.2 Å². The summed E-state index contributed by atoms with van der Waals surface area (Å²) < 4.78 is 11.4. The second kappa shape index (κ2) is 5.43. The molecule has 0 aromatic heterocycles. The van der Waals surface area contributed by atoms with Crippen LogP contribution in [0.2, 0.25) is 0 Å². The van der Waals surface area contributed by atoms with Crippen LogP contribution in [0.5, 0.6) is 0 Å². The van der Waals surface area contributed by atoms with Crippen LogP contribution in [0.1, 0.15) is 41.5 Å². The minimum atomic E-state index is -0.477. The molecule has 1 heterocycles. The molecule has 1 saturated carbocycles. The summed E-state index contributed by atoms with van der Waals surface area (Å²) in [6.07, 6.45) is -0.215. The zero-order chi connectivity index (χ0) is 16.0. The van der Waals surface area contributed by atoms with E-state index in [1.165, 1.54) is 0 Å². The number of ether oxygens (including phenoxy) is 2. The van der Waals surface area contributed by atoms with E-state index in [1.54, 1.807) is 0 Å². The Hall–Kier alpha value is -0.810. The molecule has 2 fully saturated rings. The Morgan fingerprint density at radius 2 is 2.05 bits per heavy atom. The van der Waals surface area contributed by atoms with Crippen molar-refractivity contribution in [2.75, 3.05) is 19.7 Å². The molecule has 0 bridgehead atoms. The van der Waals surface area contributed by atoms with Gasteiger partial charge in [0.2, 0.25) is 0 Å². The van der Waals surface area contributed by atoms with Gasteiger partial charge >= 0.3 is 6.09 Å². The Balaban J connectivity index is 2.17. The molecule has 2 N–H and O–H groups in total. The van der Waals surface area contributed by atoms with Crippen molar-refractivity contribution in [1.82, 2.24) is 4.90 Å². The lowest BCUT2D eigenvalue weighted by molar-refractivity contribution is -0.0779. The lowest BCUT2D eigenvalue weighted by atomic mass is 9.97. The van der Waals surface area contributed by atoms with E-state index in [4.69, 9.17) is 15.2 Å². The number of morpholine rings is 1. The van der Waals surface area contributed by atoms with Crippen molar-refractivity contribution in [2.45, 2.75) is 59.3 Å². The molecular weight excluding hydrogens is 268 g/mol. The molecule has 2 aliphatic rings. The molecule has 2 rings (SSSR count). The van der Waals surface area contributed by atoms with Crippen molar-refractivity contribution < 1.29 is 14.3 Å². The Morgan fingerprint density at radius 1 is 1.43 bits per heavy atom. The zero-order valence-corrected chi connectivity index (χ0v) is 14.2. The topological polar surface area (TPSA) is 64.8 Å². The van der Waals surface area contributed by atoms with Crippen molar-refractivity contribution in [3.05, 3.63) is 0 Å². The molecule has 5 heteroatoms. The summed E-state index contributed by atoms with van der Waals surface area (Å²) in [5.41, 5.74) is 5.58. The summed E-state index contributed by atoms with van der Waals surface area (Å²) in [5, 5.41) is 0. The highest BCUT2D eigenvalue weighted by atomic mass is 16.6. The fraction of sp³-hybridized carbons (Fsp3) is 0.938. The fourth-order valence-electron chi connectivity index (χ4n) is 3.77. The van der Waals surface area contributed by atoms with Gasteiger partial charge in [-0.15, -0.1) is 0 Å². The number of carbonyl (C=O) groups is 1. The summed E-state index contributed by atoms with van der Waals surface area (Å²) in [7, 11) is 0. The van der Waals surface area contributed by atoms with E-state index < -0.39 is 5.60 Å². The lowest BCUT2D eigenvalue weighted by Crippen LogP contribution is -2.55. The Labute approximate surface area is 128 Å². The molecular formula is C16H30N2O3. The summed E-state index contributed by atoms with van der Waals surface area (Å²) in [6.45, 7) is 14.0. The van der Waals surface area contributed by atoms with Crippen LogP contribution < -0.4 is 5.73 Å². The van der Waals surface area contributed by atoms with Crippen molar-refractivity contribution in [2.24, 2.45) is 23.0 Å².